The average molecular weight is 330 g/mol. The number of allylic oxidation sites excluding steroid dienone is 1. The van der Waals surface area contributed by atoms with Crippen molar-refractivity contribution in [3.05, 3.63) is 41.5 Å². The van der Waals surface area contributed by atoms with Gasteiger partial charge in [-0.15, -0.1) is 0 Å². The number of hydrogen-bond donors (Lipinski definition) is 0. The highest BCUT2D eigenvalue weighted by atomic mass is 32.2. The normalized spacial score (nSPS) is 23.2. The largest absolute Gasteiger partial charge is 0.337 e. The van der Waals surface area contributed by atoms with Gasteiger partial charge in [-0.1, -0.05) is 18.2 Å². The van der Waals surface area contributed by atoms with Gasteiger partial charge in [-0.25, -0.2) is 8.42 Å². The van der Waals surface area contributed by atoms with Crippen molar-refractivity contribution in [2.45, 2.75) is 19.3 Å². The maximum atomic E-state index is 12.6. The van der Waals surface area contributed by atoms with Gasteiger partial charge < -0.3 is 4.90 Å². The molecule has 1 unspecified atom stereocenters. The molecule has 2 aliphatic rings. The number of nitrogens with zero attached hydrogens (tertiary/aromatic N) is 2. The standard InChI is InChI=1S/C17H18N2O3S/c18-11-13-4-2-8-19(12-13)17(20)15-6-1-5-14(10-15)16-7-3-9-23(16,21)22/h1,5-7,10,13H,2-4,8-9,12H2. The Balaban J connectivity index is 1.86. The molecule has 3 rings (SSSR count). The summed E-state index contributed by atoms with van der Waals surface area (Å²) in [5.41, 5.74) is 1.05. The van der Waals surface area contributed by atoms with Gasteiger partial charge in [-0.3, -0.25) is 4.79 Å². The van der Waals surface area contributed by atoms with E-state index in [9.17, 15) is 13.2 Å². The molecule has 1 aromatic rings. The molecule has 1 fully saturated rings. The van der Waals surface area contributed by atoms with E-state index >= 15 is 0 Å². The molecule has 120 valence electrons. The Hall–Kier alpha value is -2.13. The maximum absolute atomic E-state index is 12.6. The Morgan fingerprint density at radius 2 is 2.17 bits per heavy atom. The number of amides is 1. The molecule has 1 aromatic carbocycles. The molecule has 0 radical (unpaired) electrons. The van der Waals surface area contributed by atoms with Crippen LogP contribution in [0.25, 0.3) is 4.91 Å². The van der Waals surface area contributed by atoms with Crippen LogP contribution in [0, 0.1) is 17.2 Å². The zero-order valence-corrected chi connectivity index (χ0v) is 13.6. The van der Waals surface area contributed by atoms with Crippen LogP contribution < -0.4 is 0 Å². The average Bonchev–Trinajstić information content (AvgIpc) is 2.93. The first kappa shape index (κ1) is 15.8. The molecule has 1 atom stereocenters. The quantitative estimate of drug-likeness (QED) is 0.833. The number of piperidine rings is 1. The minimum absolute atomic E-state index is 0.117. The Bertz CT molecular complexity index is 805. The van der Waals surface area contributed by atoms with E-state index in [1.165, 1.54) is 0 Å². The summed E-state index contributed by atoms with van der Waals surface area (Å²) in [6, 6.07) is 9.00. The summed E-state index contributed by atoms with van der Waals surface area (Å²) in [6.45, 7) is 1.09. The topological polar surface area (TPSA) is 78.2 Å². The van der Waals surface area contributed by atoms with Gasteiger partial charge in [0.2, 0.25) is 0 Å². The van der Waals surface area contributed by atoms with Crippen LogP contribution in [0.5, 0.6) is 0 Å². The van der Waals surface area contributed by atoms with E-state index in [0.29, 0.717) is 35.5 Å². The van der Waals surface area contributed by atoms with Gasteiger partial charge in [0.15, 0.2) is 9.84 Å². The predicted molar refractivity (Wildman–Crippen MR) is 87.1 cm³/mol. The Morgan fingerprint density at radius 3 is 2.87 bits per heavy atom. The third-order valence-corrected chi connectivity index (χ3v) is 6.18. The van der Waals surface area contributed by atoms with E-state index in [1.54, 1.807) is 35.2 Å². The van der Waals surface area contributed by atoms with Crippen LogP contribution in [0.4, 0.5) is 0 Å². The van der Waals surface area contributed by atoms with Crippen molar-refractivity contribution in [3.8, 4) is 6.07 Å². The fraction of sp³-hybridized carbons (Fsp3) is 0.412. The SMILES string of the molecule is N#CC1CCCN(C(=O)c2cccc(C3=CCCS3(=O)=O)c2)C1. The van der Waals surface area contributed by atoms with E-state index in [0.717, 1.165) is 12.8 Å². The molecule has 0 aliphatic carbocycles. The number of sulfone groups is 1. The van der Waals surface area contributed by atoms with Crippen molar-refractivity contribution in [2.75, 3.05) is 18.8 Å². The highest BCUT2D eigenvalue weighted by Gasteiger charge is 2.27. The molecule has 23 heavy (non-hydrogen) atoms. The molecule has 2 heterocycles. The van der Waals surface area contributed by atoms with Crippen molar-refractivity contribution in [1.29, 1.82) is 5.26 Å². The number of nitriles is 1. The third kappa shape index (κ3) is 3.15. The van der Waals surface area contributed by atoms with Gasteiger partial charge >= 0.3 is 0 Å². The lowest BCUT2D eigenvalue weighted by molar-refractivity contribution is 0.0698. The van der Waals surface area contributed by atoms with Gasteiger partial charge in [-0.2, -0.15) is 5.26 Å². The molecule has 0 saturated carbocycles. The molecule has 1 amide bonds. The van der Waals surface area contributed by atoms with Gasteiger partial charge in [0.1, 0.15) is 0 Å². The summed E-state index contributed by atoms with van der Waals surface area (Å²) in [5, 5.41) is 9.04. The maximum Gasteiger partial charge on any atom is 0.253 e. The van der Waals surface area contributed by atoms with E-state index in [2.05, 4.69) is 6.07 Å². The molecule has 6 heteroatoms. The number of carbonyl (C=O) groups excluding carboxylic acids is 1. The monoisotopic (exact) mass is 330 g/mol. The minimum atomic E-state index is -3.23. The lowest BCUT2D eigenvalue weighted by atomic mass is 9.98. The molecule has 1 saturated heterocycles. The van der Waals surface area contributed by atoms with E-state index in [4.69, 9.17) is 5.26 Å². The van der Waals surface area contributed by atoms with Crippen LogP contribution in [0.2, 0.25) is 0 Å². The Kier molecular flexibility index (Phi) is 4.22. The van der Waals surface area contributed by atoms with Crippen molar-refractivity contribution >= 4 is 20.6 Å². The molecule has 0 bridgehead atoms. The summed E-state index contributed by atoms with van der Waals surface area (Å²) in [5.74, 6) is -0.118. The Labute approximate surface area is 136 Å². The first-order chi connectivity index (χ1) is 11.0. The smallest absolute Gasteiger partial charge is 0.253 e. The van der Waals surface area contributed by atoms with Crippen molar-refractivity contribution < 1.29 is 13.2 Å². The van der Waals surface area contributed by atoms with E-state index in [1.807, 2.05) is 0 Å². The van der Waals surface area contributed by atoms with E-state index in [-0.39, 0.29) is 17.6 Å². The van der Waals surface area contributed by atoms with Crippen molar-refractivity contribution in [3.63, 3.8) is 0 Å². The van der Waals surface area contributed by atoms with Crippen LogP contribution in [-0.4, -0.2) is 38.1 Å². The highest BCUT2D eigenvalue weighted by molar-refractivity contribution is 8.00. The fourth-order valence-corrected chi connectivity index (χ4v) is 4.64. The second-order valence-electron chi connectivity index (χ2n) is 5.98. The van der Waals surface area contributed by atoms with Gasteiger partial charge in [0, 0.05) is 18.7 Å². The number of benzene rings is 1. The summed E-state index contributed by atoms with van der Waals surface area (Å²) in [6.07, 6.45) is 3.88. The van der Waals surface area contributed by atoms with Gasteiger partial charge in [0.25, 0.3) is 5.91 Å². The Morgan fingerprint density at radius 1 is 1.35 bits per heavy atom. The number of hydrogen-bond acceptors (Lipinski definition) is 4. The molecular weight excluding hydrogens is 312 g/mol. The van der Waals surface area contributed by atoms with Crippen LogP contribution >= 0.6 is 0 Å². The summed E-state index contributed by atoms with van der Waals surface area (Å²) < 4.78 is 24.1. The number of carbonyl (C=O) groups is 1. The molecule has 0 N–H and O–H groups in total. The minimum Gasteiger partial charge on any atom is -0.337 e. The lowest BCUT2D eigenvalue weighted by Gasteiger charge is -2.29. The number of likely N-dealkylation sites (tertiary alicyclic amines) is 1. The third-order valence-electron chi connectivity index (χ3n) is 4.34. The zero-order chi connectivity index (χ0) is 16.4. The number of rotatable bonds is 2. The highest BCUT2D eigenvalue weighted by Crippen LogP contribution is 2.29. The van der Waals surface area contributed by atoms with Gasteiger partial charge in [-0.05, 0) is 37.0 Å². The fourth-order valence-electron chi connectivity index (χ4n) is 3.13. The molecule has 0 aromatic heterocycles. The zero-order valence-electron chi connectivity index (χ0n) is 12.7. The van der Waals surface area contributed by atoms with E-state index < -0.39 is 9.84 Å². The lowest BCUT2D eigenvalue weighted by Crippen LogP contribution is -2.39. The second-order valence-corrected chi connectivity index (χ2v) is 8.05. The van der Waals surface area contributed by atoms with Crippen LogP contribution in [-0.2, 0) is 9.84 Å². The van der Waals surface area contributed by atoms with Crippen LogP contribution in [0.3, 0.4) is 0 Å². The van der Waals surface area contributed by atoms with Crippen LogP contribution in [0.1, 0.15) is 35.2 Å². The molecule has 2 aliphatic heterocycles. The molecule has 0 spiro atoms. The van der Waals surface area contributed by atoms with Gasteiger partial charge in [0.05, 0.1) is 22.6 Å². The first-order valence-corrected chi connectivity index (χ1v) is 9.39. The van der Waals surface area contributed by atoms with Crippen molar-refractivity contribution in [2.24, 2.45) is 5.92 Å². The molecule has 5 nitrogen and oxygen atoms in total. The summed E-state index contributed by atoms with van der Waals surface area (Å²) in [4.78, 5) is 14.6. The second kappa shape index (κ2) is 6.17. The predicted octanol–water partition coefficient (Wildman–Crippen LogP) is 2.22. The van der Waals surface area contributed by atoms with Crippen molar-refractivity contribution in [1.82, 2.24) is 4.90 Å². The summed E-state index contributed by atoms with van der Waals surface area (Å²) >= 11 is 0. The first-order valence-electron chi connectivity index (χ1n) is 7.73. The van der Waals surface area contributed by atoms with Crippen LogP contribution in [0.15, 0.2) is 30.3 Å². The summed E-state index contributed by atoms with van der Waals surface area (Å²) in [7, 11) is -3.23. The molecular formula is C17H18N2O3S.